The zero-order valence-electron chi connectivity index (χ0n) is 12.8. The molecular weight excluding hydrogens is 372 g/mol. The van der Waals surface area contributed by atoms with Crippen LogP contribution in [0.4, 0.5) is 10.1 Å². The molecule has 0 unspecified atom stereocenters. The number of anilines is 1. The smallest absolute Gasteiger partial charge is 0.209 e. The van der Waals surface area contributed by atoms with Gasteiger partial charge in [0.25, 0.3) is 0 Å². The van der Waals surface area contributed by atoms with Crippen molar-refractivity contribution in [1.29, 1.82) is 0 Å². The van der Waals surface area contributed by atoms with Crippen LogP contribution in [0.3, 0.4) is 0 Å². The van der Waals surface area contributed by atoms with Gasteiger partial charge in [-0.15, -0.1) is 23.7 Å². The van der Waals surface area contributed by atoms with Crippen LogP contribution in [-0.2, 0) is 0 Å². The second-order valence-corrected chi connectivity index (χ2v) is 6.33. The van der Waals surface area contributed by atoms with Crippen LogP contribution in [0, 0.1) is 5.82 Å². The molecule has 4 nitrogen and oxygen atoms in total. The highest BCUT2D eigenvalue weighted by molar-refractivity contribution is 7.16. The number of hydrogen-bond donors (Lipinski definition) is 2. The summed E-state index contributed by atoms with van der Waals surface area (Å²) in [5.41, 5.74) is 12.3. The molecule has 1 aromatic heterocycles. The van der Waals surface area contributed by atoms with Crippen molar-refractivity contribution in [3.8, 4) is 5.75 Å². The number of hydrogen-bond acceptors (Lipinski definition) is 5. The second-order valence-electron chi connectivity index (χ2n) is 5.03. The molecule has 3 rings (SSSR count). The summed E-state index contributed by atoms with van der Waals surface area (Å²) in [4.78, 5) is 9.60. The van der Waals surface area contributed by atoms with E-state index in [1.54, 1.807) is 29.0 Å². The Morgan fingerprint density at radius 3 is 2.92 bits per heavy atom. The van der Waals surface area contributed by atoms with E-state index in [2.05, 4.69) is 10.5 Å². The summed E-state index contributed by atoms with van der Waals surface area (Å²) in [6, 6.07) is 8.32. The van der Waals surface area contributed by atoms with Crippen molar-refractivity contribution in [3.05, 3.63) is 52.2 Å². The molecule has 0 aliphatic heterocycles. The maximum absolute atomic E-state index is 14.5. The number of thiazole rings is 1. The number of rotatable bonds is 5. The number of benzene rings is 2. The summed E-state index contributed by atoms with van der Waals surface area (Å²) >= 11 is 7.59. The summed E-state index contributed by atoms with van der Waals surface area (Å²) < 4.78 is 15.6. The molecule has 3 N–H and O–H groups in total. The SMILES string of the molecule is CC[C@@H](N)c1ccc(Cl)c(ONc2ccc3scnc3c2)c1F.Cl. The molecule has 0 bridgehead atoms. The molecular formula is C16H16Cl2FN3OS. The van der Waals surface area contributed by atoms with Crippen molar-refractivity contribution in [3.63, 3.8) is 0 Å². The van der Waals surface area contributed by atoms with Gasteiger partial charge in [-0.25, -0.2) is 14.9 Å². The molecule has 128 valence electrons. The maximum atomic E-state index is 14.5. The number of fused-ring (bicyclic) bond motifs is 1. The van der Waals surface area contributed by atoms with Gasteiger partial charge in [0.2, 0.25) is 5.75 Å². The monoisotopic (exact) mass is 387 g/mol. The van der Waals surface area contributed by atoms with Gasteiger partial charge < -0.3 is 10.6 Å². The molecule has 2 aromatic carbocycles. The Hall–Kier alpha value is -1.60. The zero-order chi connectivity index (χ0) is 16.4. The summed E-state index contributed by atoms with van der Waals surface area (Å²) in [5, 5.41) is 0.178. The van der Waals surface area contributed by atoms with E-state index in [9.17, 15) is 4.39 Å². The van der Waals surface area contributed by atoms with Crippen LogP contribution in [0.1, 0.15) is 24.9 Å². The number of nitrogens with two attached hydrogens (primary N) is 1. The van der Waals surface area contributed by atoms with Gasteiger partial charge in [-0.2, -0.15) is 0 Å². The van der Waals surface area contributed by atoms with E-state index in [-0.39, 0.29) is 23.2 Å². The Kier molecular flexibility index (Phi) is 6.23. The van der Waals surface area contributed by atoms with Crippen LogP contribution in [0.15, 0.2) is 35.8 Å². The predicted molar refractivity (Wildman–Crippen MR) is 99.7 cm³/mol. The van der Waals surface area contributed by atoms with Gasteiger partial charge in [0, 0.05) is 11.6 Å². The first kappa shape index (κ1) is 18.7. The molecule has 3 aromatic rings. The van der Waals surface area contributed by atoms with Gasteiger partial charge in [0.15, 0.2) is 5.82 Å². The number of halogens is 3. The average molecular weight is 388 g/mol. The Morgan fingerprint density at radius 2 is 2.17 bits per heavy atom. The van der Waals surface area contributed by atoms with Crippen LogP contribution in [0.2, 0.25) is 5.02 Å². The Labute approximate surface area is 154 Å². The Balaban J connectivity index is 0.00000208. The Bertz CT molecular complexity index is 843. The molecule has 0 aliphatic rings. The first-order chi connectivity index (χ1) is 11.1. The summed E-state index contributed by atoms with van der Waals surface area (Å²) in [6.07, 6.45) is 0.617. The topological polar surface area (TPSA) is 60.2 Å². The predicted octanol–water partition coefficient (Wildman–Crippen LogP) is 5.33. The van der Waals surface area contributed by atoms with E-state index in [0.29, 0.717) is 17.7 Å². The molecule has 0 aliphatic carbocycles. The number of nitrogens with zero attached hydrogens (tertiary/aromatic N) is 1. The lowest BCUT2D eigenvalue weighted by atomic mass is 10.0. The van der Waals surface area contributed by atoms with Crippen LogP contribution in [-0.4, -0.2) is 4.98 Å². The van der Waals surface area contributed by atoms with Crippen LogP contribution in [0.5, 0.6) is 5.75 Å². The highest BCUT2D eigenvalue weighted by Crippen LogP contribution is 2.33. The van der Waals surface area contributed by atoms with Gasteiger partial charge in [-0.3, -0.25) is 0 Å². The van der Waals surface area contributed by atoms with E-state index in [4.69, 9.17) is 22.2 Å². The molecule has 0 saturated carbocycles. The van der Waals surface area contributed by atoms with Crippen molar-refractivity contribution in [2.24, 2.45) is 5.73 Å². The zero-order valence-corrected chi connectivity index (χ0v) is 15.1. The molecule has 0 amide bonds. The van der Waals surface area contributed by atoms with E-state index in [1.165, 1.54) is 0 Å². The highest BCUT2D eigenvalue weighted by Gasteiger charge is 2.18. The minimum atomic E-state index is -0.547. The van der Waals surface area contributed by atoms with Gasteiger partial charge >= 0.3 is 0 Å². The quantitative estimate of drug-likeness (QED) is 0.581. The van der Waals surface area contributed by atoms with Crippen molar-refractivity contribution in [2.75, 3.05) is 5.48 Å². The van der Waals surface area contributed by atoms with Gasteiger partial charge in [-0.1, -0.05) is 24.6 Å². The third-order valence-corrected chi connectivity index (χ3v) is 4.63. The number of nitrogens with one attached hydrogen (secondary N) is 1. The fourth-order valence-electron chi connectivity index (χ4n) is 2.18. The molecule has 0 saturated heterocycles. The van der Waals surface area contributed by atoms with Crippen molar-refractivity contribution in [1.82, 2.24) is 4.98 Å². The van der Waals surface area contributed by atoms with Gasteiger partial charge in [0.1, 0.15) is 0 Å². The summed E-state index contributed by atoms with van der Waals surface area (Å²) in [6.45, 7) is 1.89. The molecule has 0 spiro atoms. The maximum Gasteiger partial charge on any atom is 0.209 e. The van der Waals surface area contributed by atoms with Crippen molar-refractivity contribution in [2.45, 2.75) is 19.4 Å². The van der Waals surface area contributed by atoms with E-state index in [1.807, 2.05) is 25.1 Å². The van der Waals surface area contributed by atoms with E-state index >= 15 is 0 Å². The normalized spacial score (nSPS) is 11.8. The minimum absolute atomic E-state index is 0. The van der Waals surface area contributed by atoms with Crippen molar-refractivity contribution >= 4 is 51.2 Å². The van der Waals surface area contributed by atoms with Crippen LogP contribution >= 0.6 is 35.3 Å². The lowest BCUT2D eigenvalue weighted by molar-refractivity contribution is 0.375. The third kappa shape index (κ3) is 3.72. The second kappa shape index (κ2) is 7.98. The average Bonchev–Trinajstić information content (AvgIpc) is 3.01. The third-order valence-electron chi connectivity index (χ3n) is 3.52. The molecule has 0 fully saturated rings. The molecule has 1 atom stereocenters. The van der Waals surface area contributed by atoms with Gasteiger partial charge in [0.05, 0.1) is 26.4 Å². The minimum Gasteiger partial charge on any atom is -0.377 e. The Morgan fingerprint density at radius 1 is 1.38 bits per heavy atom. The van der Waals surface area contributed by atoms with Crippen molar-refractivity contribution < 1.29 is 9.23 Å². The molecule has 8 heteroatoms. The van der Waals surface area contributed by atoms with Gasteiger partial charge in [-0.05, 0) is 30.7 Å². The highest BCUT2D eigenvalue weighted by atomic mass is 35.5. The van der Waals surface area contributed by atoms with E-state index < -0.39 is 11.9 Å². The van der Waals surface area contributed by atoms with Crippen LogP contribution in [0.25, 0.3) is 10.2 Å². The summed E-state index contributed by atoms with van der Waals surface area (Å²) in [5.74, 6) is -0.611. The van der Waals surface area contributed by atoms with E-state index in [0.717, 1.165) is 10.2 Å². The molecule has 1 heterocycles. The summed E-state index contributed by atoms with van der Waals surface area (Å²) in [7, 11) is 0. The first-order valence-electron chi connectivity index (χ1n) is 7.09. The fraction of sp³-hybridized carbons (Fsp3) is 0.188. The lowest BCUT2D eigenvalue weighted by Crippen LogP contribution is -2.13. The standard InChI is InChI=1S/C16H15ClFN3OS.ClH/c1-2-12(19)10-4-5-11(17)16(15(10)18)22-21-9-3-6-14-13(7-9)20-8-23-14;/h3-8,12,21H,2,19H2,1H3;1H/t12-;/m1./s1. The van der Waals surface area contributed by atoms with Crippen LogP contribution < -0.4 is 16.1 Å². The molecule has 0 radical (unpaired) electrons. The number of aromatic nitrogens is 1. The first-order valence-corrected chi connectivity index (χ1v) is 8.35. The fourth-order valence-corrected chi connectivity index (χ4v) is 3.02. The molecule has 24 heavy (non-hydrogen) atoms. The lowest BCUT2D eigenvalue weighted by Gasteiger charge is -2.15. The largest absolute Gasteiger partial charge is 0.377 e.